The van der Waals surface area contributed by atoms with Gasteiger partial charge in [-0.1, -0.05) is 0 Å². The van der Waals surface area contributed by atoms with Gasteiger partial charge in [-0.25, -0.2) is 4.79 Å². The first-order valence-electron chi connectivity index (χ1n) is 4.61. The third-order valence-electron chi connectivity index (χ3n) is 2.24. The number of ether oxygens (including phenoxy) is 1. The van der Waals surface area contributed by atoms with Crippen LogP contribution in [0.25, 0.3) is 0 Å². The highest BCUT2D eigenvalue weighted by molar-refractivity contribution is 5.74. The average Bonchev–Trinajstić information content (AvgIpc) is 2.88. The molecule has 1 heterocycles. The van der Waals surface area contributed by atoms with Crippen LogP contribution in [0, 0.1) is 0 Å². The van der Waals surface area contributed by atoms with Crippen LogP contribution in [0.3, 0.4) is 0 Å². The van der Waals surface area contributed by atoms with Gasteiger partial charge < -0.3 is 20.1 Å². The van der Waals surface area contributed by atoms with Crippen LogP contribution in [0.15, 0.2) is 0 Å². The molecule has 0 aromatic rings. The Hall–Kier alpha value is -0.810. The molecule has 0 aromatic heterocycles. The van der Waals surface area contributed by atoms with Gasteiger partial charge in [-0.15, -0.1) is 0 Å². The molecule has 0 radical (unpaired) electrons. The molecule has 2 aliphatic rings. The fourth-order valence-electron chi connectivity index (χ4n) is 1.31. The SMILES string of the molecule is O=C(NC1CC1)N1CCOC(O)C1. The molecule has 1 atom stereocenters. The summed E-state index contributed by atoms with van der Waals surface area (Å²) in [5.41, 5.74) is 0. The van der Waals surface area contributed by atoms with E-state index in [0.717, 1.165) is 12.8 Å². The molecular formula is C8H14N2O3. The number of carbonyl (C=O) groups is 1. The molecule has 5 nitrogen and oxygen atoms in total. The van der Waals surface area contributed by atoms with Crippen molar-refractivity contribution in [3.63, 3.8) is 0 Å². The van der Waals surface area contributed by atoms with Crippen molar-refractivity contribution in [1.29, 1.82) is 0 Å². The van der Waals surface area contributed by atoms with Crippen LogP contribution in [-0.2, 0) is 4.74 Å². The van der Waals surface area contributed by atoms with Crippen LogP contribution in [0.1, 0.15) is 12.8 Å². The first-order chi connectivity index (χ1) is 6.25. The van der Waals surface area contributed by atoms with Crippen LogP contribution in [-0.4, -0.2) is 48.1 Å². The summed E-state index contributed by atoms with van der Waals surface area (Å²) in [5.74, 6) is 0. The Labute approximate surface area is 76.7 Å². The van der Waals surface area contributed by atoms with Gasteiger partial charge in [-0.2, -0.15) is 0 Å². The fraction of sp³-hybridized carbons (Fsp3) is 0.875. The van der Waals surface area contributed by atoms with E-state index in [1.165, 1.54) is 0 Å². The number of amides is 2. The maximum absolute atomic E-state index is 11.4. The van der Waals surface area contributed by atoms with Crippen molar-refractivity contribution < 1.29 is 14.6 Å². The van der Waals surface area contributed by atoms with E-state index in [0.29, 0.717) is 19.2 Å². The van der Waals surface area contributed by atoms with Gasteiger partial charge >= 0.3 is 6.03 Å². The summed E-state index contributed by atoms with van der Waals surface area (Å²) < 4.78 is 4.91. The second kappa shape index (κ2) is 3.51. The van der Waals surface area contributed by atoms with Gasteiger partial charge in [0.2, 0.25) is 0 Å². The zero-order chi connectivity index (χ0) is 9.26. The second-order valence-electron chi connectivity index (χ2n) is 3.50. The van der Waals surface area contributed by atoms with Crippen molar-refractivity contribution in [1.82, 2.24) is 10.2 Å². The first kappa shape index (κ1) is 8.77. The second-order valence-corrected chi connectivity index (χ2v) is 3.50. The molecule has 1 unspecified atom stereocenters. The molecule has 2 N–H and O–H groups in total. The summed E-state index contributed by atoms with van der Waals surface area (Å²) in [6.07, 6.45) is 1.34. The number of carbonyl (C=O) groups excluding carboxylic acids is 1. The number of nitrogens with zero attached hydrogens (tertiary/aromatic N) is 1. The van der Waals surface area contributed by atoms with Crippen molar-refractivity contribution >= 4 is 6.03 Å². The predicted molar refractivity (Wildman–Crippen MR) is 45.1 cm³/mol. The monoisotopic (exact) mass is 186 g/mol. The number of nitrogens with one attached hydrogen (secondary N) is 1. The van der Waals surface area contributed by atoms with Crippen LogP contribution >= 0.6 is 0 Å². The molecule has 0 spiro atoms. The lowest BCUT2D eigenvalue weighted by atomic mass is 10.4. The Morgan fingerprint density at radius 2 is 2.31 bits per heavy atom. The molecule has 13 heavy (non-hydrogen) atoms. The van der Waals surface area contributed by atoms with Crippen molar-refractivity contribution in [2.75, 3.05) is 19.7 Å². The van der Waals surface area contributed by atoms with Gasteiger partial charge in [0.1, 0.15) is 0 Å². The van der Waals surface area contributed by atoms with E-state index in [4.69, 9.17) is 9.84 Å². The fourth-order valence-corrected chi connectivity index (χ4v) is 1.31. The number of urea groups is 1. The Bertz CT molecular complexity index is 206. The number of morpholine rings is 1. The van der Waals surface area contributed by atoms with E-state index in [1.54, 1.807) is 4.90 Å². The lowest BCUT2D eigenvalue weighted by Crippen LogP contribution is -2.50. The summed E-state index contributed by atoms with van der Waals surface area (Å²) in [6.45, 7) is 1.26. The molecule has 1 saturated heterocycles. The van der Waals surface area contributed by atoms with Gasteiger partial charge in [-0.05, 0) is 12.8 Å². The quantitative estimate of drug-likeness (QED) is 0.581. The lowest BCUT2D eigenvalue weighted by molar-refractivity contribution is -0.136. The highest BCUT2D eigenvalue weighted by Gasteiger charge is 2.28. The summed E-state index contributed by atoms with van der Waals surface area (Å²) in [4.78, 5) is 13.0. The zero-order valence-corrected chi connectivity index (χ0v) is 7.40. The molecule has 2 amide bonds. The Morgan fingerprint density at radius 1 is 1.54 bits per heavy atom. The molecule has 1 saturated carbocycles. The molecule has 5 heteroatoms. The third-order valence-corrected chi connectivity index (χ3v) is 2.24. The van der Waals surface area contributed by atoms with Crippen LogP contribution in [0.5, 0.6) is 0 Å². The van der Waals surface area contributed by atoms with Crippen molar-refractivity contribution in [2.24, 2.45) is 0 Å². The summed E-state index contributed by atoms with van der Waals surface area (Å²) in [7, 11) is 0. The molecule has 0 aromatic carbocycles. The maximum Gasteiger partial charge on any atom is 0.317 e. The summed E-state index contributed by atoms with van der Waals surface area (Å²) in [6, 6.07) is 0.289. The van der Waals surface area contributed by atoms with E-state index < -0.39 is 6.29 Å². The van der Waals surface area contributed by atoms with Gasteiger partial charge in [0, 0.05) is 12.6 Å². The highest BCUT2D eigenvalue weighted by atomic mass is 16.6. The summed E-state index contributed by atoms with van der Waals surface area (Å²) >= 11 is 0. The van der Waals surface area contributed by atoms with Crippen LogP contribution in [0.4, 0.5) is 4.79 Å². The molecule has 1 aliphatic heterocycles. The third kappa shape index (κ3) is 2.32. The largest absolute Gasteiger partial charge is 0.366 e. The molecule has 1 aliphatic carbocycles. The van der Waals surface area contributed by atoms with E-state index in [-0.39, 0.29) is 12.6 Å². The van der Waals surface area contributed by atoms with E-state index in [1.807, 2.05) is 0 Å². The minimum absolute atomic E-state index is 0.0788. The number of hydrogen-bond acceptors (Lipinski definition) is 3. The predicted octanol–water partition coefficient (Wildman–Crippen LogP) is -0.491. The number of rotatable bonds is 1. The zero-order valence-electron chi connectivity index (χ0n) is 7.40. The molecule has 0 bridgehead atoms. The molecule has 74 valence electrons. The number of aliphatic hydroxyl groups is 1. The Morgan fingerprint density at radius 3 is 2.92 bits per heavy atom. The Kier molecular flexibility index (Phi) is 2.37. The lowest BCUT2D eigenvalue weighted by Gasteiger charge is -2.30. The topological polar surface area (TPSA) is 61.8 Å². The van der Waals surface area contributed by atoms with Gasteiger partial charge in [0.05, 0.1) is 13.2 Å². The highest BCUT2D eigenvalue weighted by Crippen LogP contribution is 2.19. The van der Waals surface area contributed by atoms with Crippen molar-refractivity contribution in [2.45, 2.75) is 25.2 Å². The average molecular weight is 186 g/mol. The molecule has 2 fully saturated rings. The van der Waals surface area contributed by atoms with Gasteiger partial charge in [-0.3, -0.25) is 0 Å². The molecular weight excluding hydrogens is 172 g/mol. The number of hydrogen-bond donors (Lipinski definition) is 2. The normalized spacial score (nSPS) is 28.7. The maximum atomic E-state index is 11.4. The van der Waals surface area contributed by atoms with Gasteiger partial charge in [0.25, 0.3) is 0 Å². The van der Waals surface area contributed by atoms with Gasteiger partial charge in [0.15, 0.2) is 6.29 Å². The van der Waals surface area contributed by atoms with Crippen LogP contribution in [0.2, 0.25) is 0 Å². The first-order valence-corrected chi connectivity index (χ1v) is 4.61. The summed E-state index contributed by atoms with van der Waals surface area (Å²) in [5, 5.41) is 12.0. The van der Waals surface area contributed by atoms with E-state index >= 15 is 0 Å². The minimum Gasteiger partial charge on any atom is -0.366 e. The minimum atomic E-state index is -0.821. The number of β-amino-alcohol motifs (C(OH)–C–C–N with tert-alkyl or cyclic N) is 1. The number of aliphatic hydroxyl groups excluding tert-OH is 1. The van der Waals surface area contributed by atoms with E-state index in [2.05, 4.69) is 5.32 Å². The van der Waals surface area contributed by atoms with Crippen LogP contribution < -0.4 is 5.32 Å². The Balaban J connectivity index is 1.80. The smallest absolute Gasteiger partial charge is 0.317 e. The van der Waals surface area contributed by atoms with Crippen molar-refractivity contribution in [3.05, 3.63) is 0 Å². The molecule has 2 rings (SSSR count). The standard InChI is InChI=1S/C8H14N2O3/c11-7-5-10(3-4-13-7)8(12)9-6-1-2-6/h6-7,11H,1-5H2,(H,9,12). The van der Waals surface area contributed by atoms with E-state index in [9.17, 15) is 4.79 Å². The van der Waals surface area contributed by atoms with Crippen molar-refractivity contribution in [3.8, 4) is 0 Å².